The average molecular weight is 253 g/mol. The van der Waals surface area contributed by atoms with Crippen molar-refractivity contribution in [2.75, 3.05) is 6.26 Å². The van der Waals surface area contributed by atoms with E-state index in [1.807, 2.05) is 6.26 Å². The molecule has 1 rings (SSSR count). The maximum atomic E-state index is 4.07. The molecule has 0 spiro atoms. The van der Waals surface area contributed by atoms with Gasteiger partial charge in [0, 0.05) is 0 Å². The number of nitrogens with zero attached hydrogens (tertiary/aromatic N) is 3. The van der Waals surface area contributed by atoms with Crippen molar-refractivity contribution >= 4 is 34.4 Å². The van der Waals surface area contributed by atoms with Gasteiger partial charge >= 0.3 is 0 Å². The fourth-order valence-electron chi connectivity index (χ4n) is 0.355. The van der Waals surface area contributed by atoms with Gasteiger partial charge in [0.05, 0.1) is 6.20 Å². The van der Waals surface area contributed by atoms with Crippen LogP contribution in [0.1, 0.15) is 0 Å². The Morgan fingerprint density at radius 1 is 1.67 bits per heavy atom. The Morgan fingerprint density at radius 2 is 2.44 bits per heavy atom. The summed E-state index contributed by atoms with van der Waals surface area (Å²) < 4.78 is 0.881. The minimum absolute atomic E-state index is 0.724. The Bertz CT molecular complexity index is 205. The zero-order valence-electron chi connectivity index (χ0n) is 4.71. The van der Waals surface area contributed by atoms with Gasteiger partial charge in [-0.1, -0.05) is 11.8 Å². The first kappa shape index (κ1) is 7.20. The van der Waals surface area contributed by atoms with E-state index in [-0.39, 0.29) is 0 Å². The second-order valence-corrected chi connectivity index (χ2v) is 3.14. The van der Waals surface area contributed by atoms with Crippen LogP contribution in [0, 0.1) is 3.70 Å². The molecular weight excluding hydrogens is 249 g/mol. The SMILES string of the molecule is CSc1nncc(I)n1. The zero-order chi connectivity index (χ0) is 6.69. The van der Waals surface area contributed by atoms with Crippen LogP contribution in [0.15, 0.2) is 11.4 Å². The van der Waals surface area contributed by atoms with Crippen molar-refractivity contribution in [2.24, 2.45) is 0 Å². The Morgan fingerprint density at radius 3 is 2.89 bits per heavy atom. The van der Waals surface area contributed by atoms with Crippen LogP contribution in [0.4, 0.5) is 0 Å². The quantitative estimate of drug-likeness (QED) is 0.556. The van der Waals surface area contributed by atoms with Gasteiger partial charge in [-0.3, -0.25) is 0 Å². The molecule has 0 aliphatic rings. The average Bonchev–Trinajstić information content (AvgIpc) is 1.88. The predicted octanol–water partition coefficient (Wildman–Crippen LogP) is 1.20. The molecular formula is C4H4IN3S. The molecule has 0 bridgehead atoms. The molecule has 0 aliphatic carbocycles. The van der Waals surface area contributed by atoms with Crippen molar-refractivity contribution in [2.45, 2.75) is 5.16 Å². The highest BCUT2D eigenvalue weighted by atomic mass is 127. The molecule has 0 aromatic carbocycles. The van der Waals surface area contributed by atoms with Crippen molar-refractivity contribution in [3.63, 3.8) is 0 Å². The summed E-state index contributed by atoms with van der Waals surface area (Å²) in [4.78, 5) is 4.07. The highest BCUT2D eigenvalue weighted by molar-refractivity contribution is 14.1. The van der Waals surface area contributed by atoms with Gasteiger partial charge in [-0.25, -0.2) is 4.98 Å². The Hall–Kier alpha value is 0.0900. The summed E-state index contributed by atoms with van der Waals surface area (Å²) in [6, 6.07) is 0. The van der Waals surface area contributed by atoms with Crippen molar-refractivity contribution in [3.05, 3.63) is 9.90 Å². The summed E-state index contributed by atoms with van der Waals surface area (Å²) in [7, 11) is 0. The van der Waals surface area contributed by atoms with E-state index in [9.17, 15) is 0 Å². The first-order valence-electron chi connectivity index (χ1n) is 2.22. The molecule has 1 aromatic heterocycles. The number of aromatic nitrogens is 3. The van der Waals surface area contributed by atoms with E-state index in [1.165, 1.54) is 11.8 Å². The second-order valence-electron chi connectivity index (χ2n) is 1.27. The van der Waals surface area contributed by atoms with Crippen LogP contribution in [0.25, 0.3) is 0 Å². The maximum absolute atomic E-state index is 4.07. The van der Waals surface area contributed by atoms with Gasteiger partial charge in [-0.05, 0) is 28.8 Å². The Labute approximate surface area is 70.8 Å². The number of rotatable bonds is 1. The third-order valence-corrected chi connectivity index (χ3v) is 1.75. The Kier molecular flexibility index (Phi) is 2.65. The van der Waals surface area contributed by atoms with Gasteiger partial charge in [0.1, 0.15) is 3.70 Å². The predicted molar refractivity (Wildman–Crippen MR) is 44.3 cm³/mol. The first-order valence-corrected chi connectivity index (χ1v) is 4.52. The fourth-order valence-corrected chi connectivity index (χ4v) is 1.19. The van der Waals surface area contributed by atoms with E-state index in [2.05, 4.69) is 37.8 Å². The van der Waals surface area contributed by atoms with Crippen molar-refractivity contribution in [1.82, 2.24) is 15.2 Å². The van der Waals surface area contributed by atoms with Gasteiger partial charge in [-0.15, -0.1) is 5.10 Å². The van der Waals surface area contributed by atoms with Crippen LogP contribution in [0.3, 0.4) is 0 Å². The van der Waals surface area contributed by atoms with Gasteiger partial charge in [0.2, 0.25) is 5.16 Å². The molecule has 3 nitrogen and oxygen atoms in total. The largest absolute Gasteiger partial charge is 0.213 e. The second kappa shape index (κ2) is 3.31. The molecule has 0 N–H and O–H groups in total. The minimum atomic E-state index is 0.724. The summed E-state index contributed by atoms with van der Waals surface area (Å²) in [6.07, 6.45) is 3.55. The van der Waals surface area contributed by atoms with Crippen molar-refractivity contribution in [1.29, 1.82) is 0 Å². The normalized spacial score (nSPS) is 9.56. The molecule has 48 valence electrons. The highest BCUT2D eigenvalue weighted by Crippen LogP contribution is 2.06. The third kappa shape index (κ3) is 2.05. The van der Waals surface area contributed by atoms with Gasteiger partial charge in [0.25, 0.3) is 0 Å². The number of hydrogen-bond donors (Lipinski definition) is 0. The lowest BCUT2D eigenvalue weighted by atomic mass is 10.9. The van der Waals surface area contributed by atoms with Crippen LogP contribution in [-0.4, -0.2) is 21.4 Å². The van der Waals surface area contributed by atoms with Crippen LogP contribution in [0.5, 0.6) is 0 Å². The molecule has 1 aromatic rings. The van der Waals surface area contributed by atoms with E-state index < -0.39 is 0 Å². The first-order chi connectivity index (χ1) is 4.33. The molecule has 9 heavy (non-hydrogen) atoms. The molecule has 0 amide bonds. The topological polar surface area (TPSA) is 38.7 Å². The summed E-state index contributed by atoms with van der Waals surface area (Å²) in [5.41, 5.74) is 0. The van der Waals surface area contributed by atoms with Crippen molar-refractivity contribution < 1.29 is 0 Å². The molecule has 0 saturated heterocycles. The van der Waals surface area contributed by atoms with Crippen molar-refractivity contribution in [3.8, 4) is 0 Å². The summed E-state index contributed by atoms with van der Waals surface area (Å²) >= 11 is 3.60. The van der Waals surface area contributed by atoms with Crippen LogP contribution in [-0.2, 0) is 0 Å². The van der Waals surface area contributed by atoms with E-state index in [0.29, 0.717) is 0 Å². The molecule has 1 heterocycles. The maximum Gasteiger partial charge on any atom is 0.209 e. The minimum Gasteiger partial charge on any atom is -0.213 e. The lowest BCUT2D eigenvalue weighted by Gasteiger charge is -1.90. The van der Waals surface area contributed by atoms with Gasteiger partial charge in [0.15, 0.2) is 0 Å². The molecule has 5 heteroatoms. The summed E-state index contributed by atoms with van der Waals surface area (Å²) in [5, 5.41) is 8.19. The lowest BCUT2D eigenvalue weighted by molar-refractivity contribution is 0.825. The fraction of sp³-hybridized carbons (Fsp3) is 0.250. The molecule has 0 unspecified atom stereocenters. The lowest BCUT2D eigenvalue weighted by Crippen LogP contribution is -1.90. The smallest absolute Gasteiger partial charge is 0.209 e. The molecule has 0 saturated carbocycles. The van der Waals surface area contributed by atoms with E-state index >= 15 is 0 Å². The molecule has 0 fully saturated rings. The zero-order valence-corrected chi connectivity index (χ0v) is 7.68. The number of halogens is 1. The third-order valence-electron chi connectivity index (χ3n) is 0.693. The molecule has 0 atom stereocenters. The van der Waals surface area contributed by atoms with Crippen LogP contribution >= 0.6 is 34.4 Å². The monoisotopic (exact) mass is 253 g/mol. The van der Waals surface area contributed by atoms with E-state index in [4.69, 9.17) is 0 Å². The van der Waals surface area contributed by atoms with Crippen LogP contribution < -0.4 is 0 Å². The standard InChI is InChI=1S/C4H4IN3S/c1-9-4-7-3(5)2-6-8-4/h2H,1H3. The van der Waals surface area contributed by atoms with Crippen LogP contribution in [0.2, 0.25) is 0 Å². The number of thioether (sulfide) groups is 1. The number of hydrogen-bond acceptors (Lipinski definition) is 4. The van der Waals surface area contributed by atoms with Gasteiger partial charge in [-0.2, -0.15) is 5.10 Å². The summed E-state index contributed by atoms with van der Waals surface area (Å²) in [6.45, 7) is 0. The van der Waals surface area contributed by atoms with E-state index in [0.717, 1.165) is 8.86 Å². The van der Waals surface area contributed by atoms with Gasteiger partial charge < -0.3 is 0 Å². The Balaban J connectivity index is 2.94. The summed E-state index contributed by atoms with van der Waals surface area (Å²) in [5.74, 6) is 0. The molecule has 0 aliphatic heterocycles. The highest BCUT2D eigenvalue weighted by Gasteiger charge is 1.92. The van der Waals surface area contributed by atoms with E-state index in [1.54, 1.807) is 6.20 Å². The molecule has 0 radical (unpaired) electrons.